The highest BCUT2D eigenvalue weighted by Gasteiger charge is 2.38. The maximum atomic E-state index is 3.62. The molecule has 1 saturated carbocycles. The smallest absolute Gasteiger partial charge is 0.0357 e. The molecule has 3 aliphatic rings. The molecular weight excluding hydrogens is 324 g/mol. The first-order valence-electron chi connectivity index (χ1n) is 8.56. The Balaban J connectivity index is 1.52. The number of piperidine rings is 1. The van der Waals surface area contributed by atoms with Crippen LogP contribution in [0.25, 0.3) is 0 Å². The van der Waals surface area contributed by atoms with E-state index in [-0.39, 0.29) is 0 Å². The second-order valence-corrected chi connectivity index (χ2v) is 7.95. The lowest BCUT2D eigenvalue weighted by atomic mass is 9.97. The van der Waals surface area contributed by atoms with Gasteiger partial charge in [-0.2, -0.15) is 0 Å². The summed E-state index contributed by atoms with van der Waals surface area (Å²) in [5.41, 5.74) is 3.18. The molecule has 3 heteroatoms. The topological polar surface area (TPSA) is 15.3 Å². The van der Waals surface area contributed by atoms with Crippen molar-refractivity contribution in [2.24, 2.45) is 5.92 Å². The highest BCUT2D eigenvalue weighted by Crippen LogP contribution is 2.43. The van der Waals surface area contributed by atoms with E-state index in [0.717, 1.165) is 12.0 Å². The van der Waals surface area contributed by atoms with Crippen molar-refractivity contribution in [1.82, 2.24) is 10.2 Å². The Labute approximate surface area is 136 Å². The normalized spacial score (nSPS) is 28.9. The molecule has 2 aliphatic carbocycles. The van der Waals surface area contributed by atoms with Crippen LogP contribution in [0.4, 0.5) is 0 Å². The molecule has 114 valence electrons. The van der Waals surface area contributed by atoms with Gasteiger partial charge in [0, 0.05) is 23.1 Å². The van der Waals surface area contributed by atoms with E-state index < -0.39 is 0 Å². The van der Waals surface area contributed by atoms with Gasteiger partial charge >= 0.3 is 0 Å². The van der Waals surface area contributed by atoms with Crippen LogP contribution >= 0.6 is 15.9 Å². The molecule has 0 spiro atoms. The summed E-state index contributed by atoms with van der Waals surface area (Å²) in [4.78, 5) is 2.86. The van der Waals surface area contributed by atoms with E-state index in [1.807, 2.05) is 0 Å². The van der Waals surface area contributed by atoms with E-state index in [1.54, 1.807) is 11.1 Å². The zero-order valence-corrected chi connectivity index (χ0v) is 14.2. The summed E-state index contributed by atoms with van der Waals surface area (Å²) in [6, 6.07) is 8.48. The minimum absolute atomic E-state index is 0.683. The largest absolute Gasteiger partial charge is 0.316 e. The van der Waals surface area contributed by atoms with Crippen molar-refractivity contribution in [3.8, 4) is 0 Å². The van der Waals surface area contributed by atoms with Gasteiger partial charge in [-0.25, -0.2) is 0 Å². The van der Waals surface area contributed by atoms with E-state index in [4.69, 9.17) is 0 Å². The number of nitrogens with zero attached hydrogens (tertiary/aromatic N) is 1. The number of hydrogen-bond donors (Lipinski definition) is 1. The molecule has 2 atom stereocenters. The fraction of sp³-hybridized carbons (Fsp3) is 0.667. The number of nitrogens with one attached hydrogen (secondary N) is 1. The van der Waals surface area contributed by atoms with Crippen LogP contribution in [0.1, 0.15) is 49.3 Å². The van der Waals surface area contributed by atoms with Crippen molar-refractivity contribution in [3.05, 3.63) is 33.8 Å². The van der Waals surface area contributed by atoms with Gasteiger partial charge in [-0.05, 0) is 80.8 Å². The van der Waals surface area contributed by atoms with E-state index in [1.165, 1.54) is 62.6 Å². The third kappa shape index (κ3) is 3.06. The SMILES string of the molecule is Brc1ccc2c(c1)CCC2N(CC1CCCNC1)C1CC1. The molecule has 0 aromatic heterocycles. The first-order valence-corrected chi connectivity index (χ1v) is 9.35. The Morgan fingerprint density at radius 1 is 1.19 bits per heavy atom. The van der Waals surface area contributed by atoms with Crippen LogP contribution in [-0.4, -0.2) is 30.6 Å². The summed E-state index contributed by atoms with van der Waals surface area (Å²) >= 11 is 3.62. The van der Waals surface area contributed by atoms with E-state index in [0.29, 0.717) is 6.04 Å². The number of fused-ring (bicyclic) bond motifs is 1. The fourth-order valence-corrected chi connectivity index (χ4v) is 4.63. The molecule has 1 heterocycles. The Morgan fingerprint density at radius 2 is 2.10 bits per heavy atom. The molecule has 0 bridgehead atoms. The van der Waals surface area contributed by atoms with Crippen LogP contribution in [0.5, 0.6) is 0 Å². The van der Waals surface area contributed by atoms with Crippen molar-refractivity contribution in [2.45, 2.75) is 50.6 Å². The zero-order chi connectivity index (χ0) is 14.2. The molecule has 1 N–H and O–H groups in total. The molecule has 1 aromatic carbocycles. The standard InChI is InChI=1S/C18H25BrN2/c19-15-4-7-17-14(10-15)3-8-18(17)21(16-5-6-16)12-13-2-1-9-20-11-13/h4,7,10,13,16,18,20H,1-3,5-6,8-9,11-12H2. The number of aryl methyl sites for hydroxylation is 1. The van der Waals surface area contributed by atoms with Gasteiger partial charge in [-0.15, -0.1) is 0 Å². The average molecular weight is 349 g/mol. The average Bonchev–Trinajstić information content (AvgIpc) is 3.26. The van der Waals surface area contributed by atoms with Crippen LogP contribution in [0, 0.1) is 5.92 Å². The predicted molar refractivity (Wildman–Crippen MR) is 90.5 cm³/mol. The van der Waals surface area contributed by atoms with Gasteiger partial charge in [0.2, 0.25) is 0 Å². The first kappa shape index (κ1) is 14.2. The zero-order valence-electron chi connectivity index (χ0n) is 12.7. The Hall–Kier alpha value is -0.380. The van der Waals surface area contributed by atoms with Gasteiger partial charge in [0.1, 0.15) is 0 Å². The van der Waals surface area contributed by atoms with Crippen LogP contribution in [0.3, 0.4) is 0 Å². The predicted octanol–water partition coefficient (Wildman–Crippen LogP) is 3.90. The van der Waals surface area contributed by atoms with Gasteiger partial charge in [-0.1, -0.05) is 22.0 Å². The molecule has 0 amide bonds. The maximum absolute atomic E-state index is 3.62. The van der Waals surface area contributed by atoms with E-state index in [2.05, 4.69) is 44.3 Å². The van der Waals surface area contributed by atoms with E-state index in [9.17, 15) is 0 Å². The van der Waals surface area contributed by atoms with Gasteiger partial charge in [0.05, 0.1) is 0 Å². The first-order chi connectivity index (χ1) is 10.3. The summed E-state index contributed by atoms with van der Waals surface area (Å²) in [6.45, 7) is 3.75. The second-order valence-electron chi connectivity index (χ2n) is 7.04. The number of halogens is 1. The lowest BCUT2D eigenvalue weighted by Gasteiger charge is -2.35. The monoisotopic (exact) mass is 348 g/mol. The summed E-state index contributed by atoms with van der Waals surface area (Å²) in [7, 11) is 0. The molecule has 2 nitrogen and oxygen atoms in total. The van der Waals surface area contributed by atoms with Crippen LogP contribution < -0.4 is 5.32 Å². The second kappa shape index (κ2) is 6.02. The summed E-state index contributed by atoms with van der Waals surface area (Å²) < 4.78 is 1.23. The highest BCUT2D eigenvalue weighted by molar-refractivity contribution is 9.10. The van der Waals surface area contributed by atoms with Gasteiger partial charge in [0.25, 0.3) is 0 Å². The molecule has 4 rings (SSSR count). The fourth-order valence-electron chi connectivity index (χ4n) is 4.22. The molecule has 0 radical (unpaired) electrons. The minimum Gasteiger partial charge on any atom is -0.316 e. The summed E-state index contributed by atoms with van der Waals surface area (Å²) in [5, 5.41) is 3.58. The number of benzene rings is 1. The van der Waals surface area contributed by atoms with Crippen molar-refractivity contribution in [1.29, 1.82) is 0 Å². The van der Waals surface area contributed by atoms with Gasteiger partial charge < -0.3 is 5.32 Å². The van der Waals surface area contributed by atoms with E-state index >= 15 is 0 Å². The lowest BCUT2D eigenvalue weighted by molar-refractivity contribution is 0.144. The Bertz CT molecular complexity index is 506. The maximum Gasteiger partial charge on any atom is 0.0357 e. The third-order valence-electron chi connectivity index (χ3n) is 5.44. The van der Waals surface area contributed by atoms with Crippen molar-refractivity contribution < 1.29 is 0 Å². The molecule has 2 fully saturated rings. The molecule has 1 aliphatic heterocycles. The van der Waals surface area contributed by atoms with Crippen molar-refractivity contribution >= 4 is 15.9 Å². The minimum atomic E-state index is 0.683. The molecule has 1 aromatic rings. The molecule has 2 unspecified atom stereocenters. The van der Waals surface area contributed by atoms with Crippen molar-refractivity contribution in [2.75, 3.05) is 19.6 Å². The highest BCUT2D eigenvalue weighted by atomic mass is 79.9. The Morgan fingerprint density at radius 3 is 2.86 bits per heavy atom. The van der Waals surface area contributed by atoms with Crippen LogP contribution in [-0.2, 0) is 6.42 Å². The lowest BCUT2D eigenvalue weighted by Crippen LogP contribution is -2.40. The number of rotatable bonds is 4. The quantitative estimate of drug-likeness (QED) is 0.887. The summed E-state index contributed by atoms with van der Waals surface area (Å²) in [6.07, 6.45) is 8.19. The van der Waals surface area contributed by atoms with Gasteiger partial charge in [0.15, 0.2) is 0 Å². The van der Waals surface area contributed by atoms with Crippen LogP contribution in [0.15, 0.2) is 22.7 Å². The number of hydrogen-bond acceptors (Lipinski definition) is 2. The van der Waals surface area contributed by atoms with Crippen LogP contribution in [0.2, 0.25) is 0 Å². The molecule has 1 saturated heterocycles. The third-order valence-corrected chi connectivity index (χ3v) is 5.93. The van der Waals surface area contributed by atoms with Crippen molar-refractivity contribution in [3.63, 3.8) is 0 Å². The Kier molecular flexibility index (Phi) is 4.08. The molecular formula is C18H25BrN2. The summed E-state index contributed by atoms with van der Waals surface area (Å²) in [5.74, 6) is 0.860. The van der Waals surface area contributed by atoms with Gasteiger partial charge in [-0.3, -0.25) is 4.90 Å². The molecule has 21 heavy (non-hydrogen) atoms.